The summed E-state index contributed by atoms with van der Waals surface area (Å²) in [5.74, 6) is 0.717. The van der Waals surface area contributed by atoms with E-state index in [0.717, 1.165) is 74.6 Å². The average molecular weight is 541 g/mol. The quantitative estimate of drug-likeness (QED) is 0.203. The monoisotopic (exact) mass is 540 g/mol. The molecule has 4 aromatic heterocycles. The second kappa shape index (κ2) is 11.6. The van der Waals surface area contributed by atoms with Crippen molar-refractivity contribution in [1.29, 1.82) is 0 Å². The Labute approximate surface area is 238 Å². The molecule has 0 aliphatic heterocycles. The van der Waals surface area contributed by atoms with E-state index in [-0.39, 0.29) is 0 Å². The number of hydrogen-bond acceptors (Lipinski definition) is 5. The summed E-state index contributed by atoms with van der Waals surface area (Å²) in [5.41, 5.74) is 10.0. The van der Waals surface area contributed by atoms with Crippen LogP contribution in [-0.4, -0.2) is 34.7 Å². The van der Waals surface area contributed by atoms with Crippen molar-refractivity contribution >= 4 is 21.9 Å². The molecule has 204 valence electrons. The van der Waals surface area contributed by atoms with Gasteiger partial charge < -0.3 is 14.9 Å². The van der Waals surface area contributed by atoms with Gasteiger partial charge in [0, 0.05) is 42.6 Å². The van der Waals surface area contributed by atoms with Crippen molar-refractivity contribution in [2.75, 3.05) is 0 Å². The first kappa shape index (κ1) is 26.2. The third kappa shape index (κ3) is 5.37. The van der Waals surface area contributed by atoms with E-state index in [9.17, 15) is 0 Å². The van der Waals surface area contributed by atoms with Gasteiger partial charge in [-0.05, 0) is 53.9 Å². The van der Waals surface area contributed by atoms with Gasteiger partial charge in [-0.1, -0.05) is 56.3 Å². The van der Waals surface area contributed by atoms with Crippen LogP contribution in [-0.2, 0) is 13.1 Å². The molecule has 0 radical (unpaired) electrons. The summed E-state index contributed by atoms with van der Waals surface area (Å²) in [6.45, 7) is 7.54. The van der Waals surface area contributed by atoms with E-state index in [1.807, 2.05) is 74.5 Å². The normalized spacial score (nSPS) is 11.1. The third-order valence-corrected chi connectivity index (χ3v) is 6.90. The molecule has 3 N–H and O–H groups in total. The molecule has 7 rings (SSSR count). The molecule has 8 nitrogen and oxygen atoms in total. The van der Waals surface area contributed by atoms with Gasteiger partial charge in [0.25, 0.3) is 0 Å². The standard InChI is InChI=1S/C31H26N8.C2H6/c1-20-18-39(19-34-20)28-9-5-8-27-30(28)36-31(35-27)29-25-13-23(10-11-26(25)37-38-29)24-12-22(16-33-17-24)15-32-14-21-6-3-2-4-7-21;1-2/h2-13,16-19,32H,14-15H2,1H3,(H,35,36)(H,37,38);1-2H3. The molecule has 0 aliphatic rings. The molecule has 0 saturated carbocycles. The number of aryl methyl sites for hydroxylation is 1. The zero-order valence-electron chi connectivity index (χ0n) is 23.4. The fourth-order valence-corrected chi connectivity index (χ4v) is 4.95. The maximum absolute atomic E-state index is 4.96. The molecule has 0 aliphatic carbocycles. The Balaban J connectivity index is 0.00000148. The summed E-state index contributed by atoms with van der Waals surface area (Å²) in [7, 11) is 0. The maximum atomic E-state index is 4.96. The molecule has 0 atom stereocenters. The molecule has 8 heteroatoms. The van der Waals surface area contributed by atoms with Gasteiger partial charge in [-0.2, -0.15) is 5.10 Å². The zero-order chi connectivity index (χ0) is 28.2. The first-order valence-corrected chi connectivity index (χ1v) is 13.9. The number of imidazole rings is 2. The Morgan fingerprint density at radius 1 is 0.829 bits per heavy atom. The molecule has 3 aromatic carbocycles. The number of nitrogens with one attached hydrogen (secondary N) is 3. The van der Waals surface area contributed by atoms with Crippen LogP contribution in [0.1, 0.15) is 30.7 Å². The molecule has 7 aromatic rings. The highest BCUT2D eigenvalue weighted by molar-refractivity contribution is 5.96. The van der Waals surface area contributed by atoms with E-state index in [4.69, 9.17) is 4.98 Å². The van der Waals surface area contributed by atoms with Gasteiger partial charge >= 0.3 is 0 Å². The van der Waals surface area contributed by atoms with Crippen LogP contribution >= 0.6 is 0 Å². The lowest BCUT2D eigenvalue weighted by atomic mass is 10.0. The largest absolute Gasteiger partial charge is 0.336 e. The van der Waals surface area contributed by atoms with E-state index < -0.39 is 0 Å². The third-order valence-electron chi connectivity index (χ3n) is 6.90. The molecule has 0 bridgehead atoms. The highest BCUT2D eigenvalue weighted by Gasteiger charge is 2.16. The van der Waals surface area contributed by atoms with Gasteiger partial charge in [0.05, 0.1) is 28.7 Å². The van der Waals surface area contributed by atoms with E-state index in [2.05, 4.69) is 79.0 Å². The van der Waals surface area contributed by atoms with Crippen LogP contribution in [0, 0.1) is 6.92 Å². The fraction of sp³-hybridized carbons (Fsp3) is 0.152. The van der Waals surface area contributed by atoms with E-state index in [1.54, 1.807) is 0 Å². The Hall–Kier alpha value is -5.08. The van der Waals surface area contributed by atoms with Gasteiger partial charge in [-0.3, -0.25) is 10.1 Å². The number of nitrogens with zero attached hydrogens (tertiary/aromatic N) is 5. The van der Waals surface area contributed by atoms with Crippen LogP contribution < -0.4 is 5.32 Å². The van der Waals surface area contributed by atoms with Crippen LogP contribution in [0.3, 0.4) is 0 Å². The molecule has 0 amide bonds. The van der Waals surface area contributed by atoms with Gasteiger partial charge in [-0.15, -0.1) is 0 Å². The minimum atomic E-state index is 0.717. The van der Waals surface area contributed by atoms with E-state index in [0.29, 0.717) is 0 Å². The lowest BCUT2D eigenvalue weighted by Crippen LogP contribution is -2.12. The Kier molecular flexibility index (Phi) is 7.38. The smallest absolute Gasteiger partial charge is 0.159 e. The number of H-pyrrole nitrogens is 2. The van der Waals surface area contributed by atoms with Crippen LogP contribution in [0.5, 0.6) is 0 Å². The summed E-state index contributed by atoms with van der Waals surface area (Å²) >= 11 is 0. The first-order valence-electron chi connectivity index (χ1n) is 13.9. The van der Waals surface area contributed by atoms with Crippen molar-refractivity contribution in [3.63, 3.8) is 0 Å². The molecule has 0 spiro atoms. The average Bonchev–Trinajstić information content (AvgIpc) is 3.76. The van der Waals surface area contributed by atoms with Crippen molar-refractivity contribution < 1.29 is 0 Å². The minimum absolute atomic E-state index is 0.717. The number of hydrogen-bond donors (Lipinski definition) is 3. The van der Waals surface area contributed by atoms with Crippen LogP contribution in [0.2, 0.25) is 0 Å². The molecule has 4 heterocycles. The number of pyridine rings is 1. The SMILES string of the molecule is CC.Cc1cn(-c2cccc3[nH]c(-c4n[nH]c5ccc(-c6cncc(CNCc7ccccc7)c6)cc45)nc23)cn1. The van der Waals surface area contributed by atoms with E-state index >= 15 is 0 Å². The van der Waals surface area contributed by atoms with Crippen molar-refractivity contribution in [3.8, 4) is 28.3 Å². The van der Waals surface area contributed by atoms with Gasteiger partial charge in [-0.25, -0.2) is 9.97 Å². The molecule has 41 heavy (non-hydrogen) atoms. The van der Waals surface area contributed by atoms with Gasteiger partial charge in [0.2, 0.25) is 0 Å². The molecular formula is C33H32N8. The van der Waals surface area contributed by atoms with Gasteiger partial charge in [0.1, 0.15) is 11.2 Å². The van der Waals surface area contributed by atoms with Crippen LogP contribution in [0.25, 0.3) is 50.3 Å². The van der Waals surface area contributed by atoms with Crippen molar-refractivity contribution in [1.82, 2.24) is 40.0 Å². The molecule has 0 saturated heterocycles. The minimum Gasteiger partial charge on any atom is -0.336 e. The summed E-state index contributed by atoms with van der Waals surface area (Å²) < 4.78 is 2.00. The second-order valence-electron chi connectivity index (χ2n) is 9.68. The second-order valence-corrected chi connectivity index (χ2v) is 9.68. The highest BCUT2D eigenvalue weighted by Crippen LogP contribution is 2.31. The fourth-order valence-electron chi connectivity index (χ4n) is 4.95. The lowest BCUT2D eigenvalue weighted by molar-refractivity contribution is 0.691. The Bertz CT molecular complexity index is 1910. The summed E-state index contributed by atoms with van der Waals surface area (Å²) in [5, 5.41) is 12.3. The van der Waals surface area contributed by atoms with Crippen molar-refractivity contribution in [2.45, 2.75) is 33.9 Å². The highest BCUT2D eigenvalue weighted by atomic mass is 15.1. The maximum Gasteiger partial charge on any atom is 0.159 e. The number of benzene rings is 3. The van der Waals surface area contributed by atoms with Gasteiger partial charge in [0.15, 0.2) is 5.82 Å². The topological polar surface area (TPSA) is 100 Å². The van der Waals surface area contributed by atoms with E-state index in [1.165, 1.54) is 5.56 Å². The number of para-hydroxylation sites is 1. The van der Waals surface area contributed by atoms with Crippen molar-refractivity contribution in [2.24, 2.45) is 0 Å². The summed E-state index contributed by atoms with van der Waals surface area (Å²) in [6.07, 6.45) is 7.63. The Morgan fingerprint density at radius 2 is 1.68 bits per heavy atom. The lowest BCUT2D eigenvalue weighted by Gasteiger charge is -2.07. The zero-order valence-corrected chi connectivity index (χ0v) is 23.4. The van der Waals surface area contributed by atoms with Crippen molar-refractivity contribution in [3.05, 3.63) is 115 Å². The summed E-state index contributed by atoms with van der Waals surface area (Å²) in [4.78, 5) is 17.3. The van der Waals surface area contributed by atoms with Crippen LogP contribution in [0.4, 0.5) is 0 Å². The predicted octanol–water partition coefficient (Wildman–Crippen LogP) is 6.98. The predicted molar refractivity (Wildman–Crippen MR) is 165 cm³/mol. The Morgan fingerprint density at radius 3 is 2.51 bits per heavy atom. The summed E-state index contributed by atoms with van der Waals surface area (Å²) in [6, 6.07) is 25.0. The molecule has 0 fully saturated rings. The number of aromatic amines is 2. The number of rotatable bonds is 7. The number of aromatic nitrogens is 7. The molecular weight excluding hydrogens is 508 g/mol. The number of fused-ring (bicyclic) bond motifs is 2. The molecule has 0 unspecified atom stereocenters. The first-order chi connectivity index (χ1) is 20.2. The van der Waals surface area contributed by atoms with Crippen LogP contribution in [0.15, 0.2) is 97.7 Å².